The molecule has 0 saturated heterocycles. The first-order valence-electron chi connectivity index (χ1n) is 10.9. The van der Waals surface area contributed by atoms with E-state index in [2.05, 4.69) is 30.9 Å². The summed E-state index contributed by atoms with van der Waals surface area (Å²) >= 11 is 0. The standard InChI is InChI=1S/C23H26F3N7O/c1-28-16(9-10-27)13-7-8-17(18(11-13)34-2)31-22-32-20-19(15(12-29-20)23(24,25)26)21(33-22)30-14-5-3-4-6-14/h7-12,14,27-28H,3-6H2,1-2H3,(H3,29,30,31,32,33)/b16-9-,27-10?. The van der Waals surface area contributed by atoms with Crippen LogP contribution in [0.5, 0.6) is 5.75 Å². The number of nitrogens with one attached hydrogen (secondary N) is 5. The molecule has 1 fully saturated rings. The van der Waals surface area contributed by atoms with Crippen LogP contribution >= 0.6 is 0 Å². The Kier molecular flexibility index (Phi) is 6.62. The molecule has 0 atom stereocenters. The van der Waals surface area contributed by atoms with E-state index in [1.165, 1.54) is 13.3 Å². The summed E-state index contributed by atoms with van der Waals surface area (Å²) in [5, 5.41) is 16.5. The average Bonchev–Trinajstić information content (AvgIpc) is 3.47. The van der Waals surface area contributed by atoms with Gasteiger partial charge < -0.3 is 31.1 Å². The Morgan fingerprint density at radius 3 is 2.65 bits per heavy atom. The van der Waals surface area contributed by atoms with E-state index in [1.54, 1.807) is 25.3 Å². The molecule has 1 aliphatic carbocycles. The monoisotopic (exact) mass is 473 g/mol. The lowest BCUT2D eigenvalue weighted by Gasteiger charge is -2.17. The lowest BCUT2D eigenvalue weighted by molar-refractivity contribution is -0.136. The molecule has 34 heavy (non-hydrogen) atoms. The molecule has 2 aromatic heterocycles. The Morgan fingerprint density at radius 2 is 2.00 bits per heavy atom. The van der Waals surface area contributed by atoms with E-state index in [9.17, 15) is 13.2 Å². The highest BCUT2D eigenvalue weighted by Crippen LogP contribution is 2.39. The molecule has 1 saturated carbocycles. The lowest BCUT2D eigenvalue weighted by Crippen LogP contribution is -2.17. The average molecular weight is 474 g/mol. The van der Waals surface area contributed by atoms with Crippen LogP contribution in [0.4, 0.5) is 30.6 Å². The van der Waals surface area contributed by atoms with E-state index in [1.807, 2.05) is 6.07 Å². The summed E-state index contributed by atoms with van der Waals surface area (Å²) in [5.74, 6) is 0.772. The number of fused-ring (bicyclic) bond motifs is 1. The molecule has 3 aromatic rings. The third kappa shape index (κ3) is 4.78. The van der Waals surface area contributed by atoms with Gasteiger partial charge in [-0.1, -0.05) is 18.9 Å². The zero-order valence-electron chi connectivity index (χ0n) is 18.8. The number of ether oxygens (including phenoxy) is 1. The van der Waals surface area contributed by atoms with Crippen molar-refractivity contribution >= 4 is 40.4 Å². The van der Waals surface area contributed by atoms with Gasteiger partial charge in [0.25, 0.3) is 0 Å². The number of hydrogen-bond acceptors (Lipinski definition) is 7. The normalized spacial score (nSPS) is 14.9. The van der Waals surface area contributed by atoms with Crippen molar-refractivity contribution in [3.05, 3.63) is 41.6 Å². The van der Waals surface area contributed by atoms with E-state index < -0.39 is 11.7 Å². The second kappa shape index (κ2) is 9.62. The number of allylic oxidation sites excluding steroid dienone is 1. The molecule has 1 aromatic carbocycles. The van der Waals surface area contributed by atoms with Gasteiger partial charge in [-0.05, 0) is 31.1 Å². The highest BCUT2D eigenvalue weighted by Gasteiger charge is 2.36. The van der Waals surface area contributed by atoms with Crippen molar-refractivity contribution in [3.8, 4) is 5.75 Å². The van der Waals surface area contributed by atoms with Gasteiger partial charge in [-0.25, -0.2) is 0 Å². The molecule has 11 heteroatoms. The zero-order valence-corrected chi connectivity index (χ0v) is 18.8. The Bertz CT molecular complexity index is 1210. The van der Waals surface area contributed by atoms with Gasteiger partial charge in [0.1, 0.15) is 17.2 Å². The molecule has 5 N–H and O–H groups in total. The molecular formula is C23H26F3N7O. The topological polar surface area (TPSA) is 111 Å². The molecule has 0 unspecified atom stereocenters. The van der Waals surface area contributed by atoms with E-state index in [4.69, 9.17) is 10.1 Å². The van der Waals surface area contributed by atoms with Crippen molar-refractivity contribution in [2.75, 3.05) is 24.8 Å². The highest BCUT2D eigenvalue weighted by atomic mass is 19.4. The van der Waals surface area contributed by atoms with Crippen LogP contribution in [0.1, 0.15) is 36.8 Å². The van der Waals surface area contributed by atoms with Gasteiger partial charge >= 0.3 is 6.18 Å². The Hall–Kier alpha value is -3.76. The quantitative estimate of drug-likeness (QED) is 0.284. The number of methoxy groups -OCH3 is 1. The van der Waals surface area contributed by atoms with Crippen LogP contribution in [0.25, 0.3) is 16.7 Å². The maximum absolute atomic E-state index is 13.6. The number of benzene rings is 1. The van der Waals surface area contributed by atoms with Crippen molar-refractivity contribution in [1.82, 2.24) is 20.3 Å². The summed E-state index contributed by atoms with van der Waals surface area (Å²) in [6.45, 7) is 0. The van der Waals surface area contributed by atoms with Crippen LogP contribution in [0.2, 0.25) is 0 Å². The number of rotatable bonds is 8. The van der Waals surface area contributed by atoms with Crippen molar-refractivity contribution in [2.24, 2.45) is 0 Å². The molecule has 4 rings (SSSR count). The Morgan fingerprint density at radius 1 is 1.24 bits per heavy atom. The summed E-state index contributed by atoms with van der Waals surface area (Å²) in [5.41, 5.74) is 1.37. The second-order valence-electron chi connectivity index (χ2n) is 7.98. The van der Waals surface area contributed by atoms with Crippen molar-refractivity contribution in [2.45, 2.75) is 37.9 Å². The first-order chi connectivity index (χ1) is 16.3. The first-order valence-corrected chi connectivity index (χ1v) is 10.9. The van der Waals surface area contributed by atoms with Gasteiger partial charge in [0.05, 0.1) is 23.7 Å². The highest BCUT2D eigenvalue weighted by molar-refractivity contribution is 5.92. The molecule has 0 spiro atoms. The third-order valence-electron chi connectivity index (χ3n) is 5.81. The minimum absolute atomic E-state index is 0.0661. The largest absolute Gasteiger partial charge is 0.495 e. The Labute approximate surface area is 194 Å². The lowest BCUT2D eigenvalue weighted by atomic mass is 10.1. The van der Waals surface area contributed by atoms with Crippen LogP contribution < -0.4 is 20.7 Å². The van der Waals surface area contributed by atoms with Crippen LogP contribution in [0, 0.1) is 5.41 Å². The molecule has 180 valence electrons. The summed E-state index contributed by atoms with van der Waals surface area (Å²) < 4.78 is 46.4. The number of anilines is 3. The van der Waals surface area contributed by atoms with E-state index >= 15 is 0 Å². The predicted octanol–water partition coefficient (Wildman–Crippen LogP) is 5.29. The number of nitrogens with zero attached hydrogens (tertiary/aromatic N) is 2. The van der Waals surface area contributed by atoms with Crippen LogP contribution in [0.15, 0.2) is 30.5 Å². The Balaban J connectivity index is 1.73. The van der Waals surface area contributed by atoms with Crippen LogP contribution in [-0.2, 0) is 6.18 Å². The summed E-state index contributed by atoms with van der Waals surface area (Å²) in [4.78, 5) is 11.4. The van der Waals surface area contributed by atoms with E-state index in [-0.39, 0.29) is 28.8 Å². The van der Waals surface area contributed by atoms with Gasteiger partial charge in [0, 0.05) is 36.8 Å². The fourth-order valence-electron chi connectivity index (χ4n) is 4.17. The smallest absolute Gasteiger partial charge is 0.418 e. The van der Waals surface area contributed by atoms with Crippen LogP contribution in [-0.4, -0.2) is 41.4 Å². The SMILES string of the molecule is CN/C(=C\C=N)c1ccc(Nc2nc(NC3CCCC3)c3c(C(F)(F)F)c[nH]c3n2)c(OC)c1. The molecule has 2 heterocycles. The molecule has 8 nitrogen and oxygen atoms in total. The minimum Gasteiger partial charge on any atom is -0.495 e. The predicted molar refractivity (Wildman–Crippen MR) is 127 cm³/mol. The summed E-state index contributed by atoms with van der Waals surface area (Å²) in [7, 11) is 3.27. The number of hydrogen-bond donors (Lipinski definition) is 5. The maximum atomic E-state index is 13.6. The van der Waals surface area contributed by atoms with Crippen molar-refractivity contribution in [3.63, 3.8) is 0 Å². The fraction of sp³-hybridized carbons (Fsp3) is 0.348. The number of aromatic nitrogens is 3. The van der Waals surface area contributed by atoms with Crippen molar-refractivity contribution in [1.29, 1.82) is 5.41 Å². The molecule has 0 aliphatic heterocycles. The molecule has 0 radical (unpaired) electrons. The number of halogens is 3. The summed E-state index contributed by atoms with van der Waals surface area (Å²) in [6, 6.07) is 5.43. The van der Waals surface area contributed by atoms with E-state index in [0.717, 1.165) is 43.1 Å². The number of H-pyrrole nitrogens is 1. The van der Waals surface area contributed by atoms with Gasteiger partial charge in [0.15, 0.2) is 0 Å². The van der Waals surface area contributed by atoms with Gasteiger partial charge in [-0.2, -0.15) is 23.1 Å². The fourth-order valence-corrected chi connectivity index (χ4v) is 4.17. The van der Waals surface area contributed by atoms with E-state index in [0.29, 0.717) is 11.4 Å². The zero-order chi connectivity index (χ0) is 24.3. The summed E-state index contributed by atoms with van der Waals surface area (Å²) in [6.07, 6.45) is 3.01. The van der Waals surface area contributed by atoms with Crippen LogP contribution in [0.3, 0.4) is 0 Å². The second-order valence-corrected chi connectivity index (χ2v) is 7.98. The maximum Gasteiger partial charge on any atom is 0.418 e. The molecule has 0 amide bonds. The number of aromatic amines is 1. The first kappa shape index (κ1) is 23.4. The van der Waals surface area contributed by atoms with Crippen molar-refractivity contribution < 1.29 is 17.9 Å². The van der Waals surface area contributed by atoms with Gasteiger partial charge in [-0.15, -0.1) is 0 Å². The minimum atomic E-state index is -4.53. The third-order valence-corrected chi connectivity index (χ3v) is 5.81. The molecule has 0 bridgehead atoms. The van der Waals surface area contributed by atoms with Gasteiger partial charge in [-0.3, -0.25) is 0 Å². The molecular weight excluding hydrogens is 447 g/mol. The molecule has 1 aliphatic rings. The number of alkyl halides is 3. The van der Waals surface area contributed by atoms with Gasteiger partial charge in [0.2, 0.25) is 5.95 Å².